The second kappa shape index (κ2) is 34.2. The van der Waals surface area contributed by atoms with Crippen molar-refractivity contribution in [2.24, 2.45) is 0 Å². The van der Waals surface area contributed by atoms with Crippen molar-refractivity contribution in [3.05, 3.63) is 534 Å². The third-order valence-electron chi connectivity index (χ3n) is 28.5. The molecule has 27 aromatic rings. The van der Waals surface area contributed by atoms with Crippen LogP contribution in [0.25, 0.3) is 229 Å². The van der Waals surface area contributed by atoms with E-state index in [4.69, 9.17) is 0 Å². The minimum Gasteiger partial charge on any atom is -0.310 e. The zero-order valence-corrected chi connectivity index (χ0v) is 75.7. The first-order chi connectivity index (χ1) is 68.5. The predicted octanol–water partition coefficient (Wildman–Crippen LogP) is 38.6. The molecule has 0 radical (unpaired) electrons. The van der Waals surface area contributed by atoms with Gasteiger partial charge in [0.15, 0.2) is 0 Å². The molecule has 0 aromatic heterocycles. The summed E-state index contributed by atoms with van der Waals surface area (Å²) in [5, 5.41) is 32.2. The highest BCUT2D eigenvalue weighted by atomic mass is 15.2. The average molecular weight is 1750 g/mol. The minimum atomic E-state index is 1.11. The summed E-state index contributed by atoms with van der Waals surface area (Å²) < 4.78 is 0. The molecule has 0 fully saturated rings. The second-order valence-corrected chi connectivity index (χ2v) is 36.4. The second-order valence-electron chi connectivity index (χ2n) is 36.4. The van der Waals surface area contributed by atoms with Crippen LogP contribution in [0.2, 0.25) is 0 Å². The molecular weight excluding hydrogens is 1660 g/mol. The van der Waals surface area contributed by atoms with E-state index in [0.717, 1.165) is 34.1 Å². The number of para-hydroxylation sites is 1. The van der Waals surface area contributed by atoms with Crippen LogP contribution in [0, 0.1) is 0 Å². The maximum atomic E-state index is 2.51. The van der Waals surface area contributed by atoms with Crippen LogP contribution in [0.1, 0.15) is 0 Å². The van der Waals surface area contributed by atoms with E-state index in [2.05, 4.69) is 544 Å². The Balaban J connectivity index is 0.000000145. The number of rotatable bonds is 14. The third kappa shape index (κ3) is 14.1. The molecule has 0 unspecified atom stereocenters. The molecule has 0 atom stereocenters. The monoisotopic (exact) mass is 1750 g/mol. The topological polar surface area (TPSA) is 6.48 Å². The Kier molecular flexibility index (Phi) is 20.0. The van der Waals surface area contributed by atoms with Gasteiger partial charge in [-0.25, -0.2) is 0 Å². The molecule has 0 saturated heterocycles. The lowest BCUT2D eigenvalue weighted by atomic mass is 9.81. The highest BCUT2D eigenvalue weighted by molar-refractivity contribution is 6.35. The molecule has 0 heterocycles. The number of hydrogen-bond acceptors (Lipinski definition) is 2. The van der Waals surface area contributed by atoms with Gasteiger partial charge in [-0.3, -0.25) is 0 Å². The number of benzene rings is 27. The summed E-state index contributed by atoms with van der Waals surface area (Å²) in [6, 6.07) is 197. The van der Waals surface area contributed by atoms with Gasteiger partial charge in [-0.15, -0.1) is 0 Å². The van der Waals surface area contributed by atoms with Gasteiger partial charge in [0.05, 0.1) is 11.4 Å². The van der Waals surface area contributed by atoms with E-state index in [1.54, 1.807) is 0 Å². The summed E-state index contributed by atoms with van der Waals surface area (Å²) in [4.78, 5) is 4.86. The van der Waals surface area contributed by atoms with Gasteiger partial charge in [0.2, 0.25) is 0 Å². The molecule has 138 heavy (non-hydrogen) atoms. The van der Waals surface area contributed by atoms with Crippen molar-refractivity contribution < 1.29 is 0 Å². The van der Waals surface area contributed by atoms with E-state index in [1.165, 1.54) is 229 Å². The van der Waals surface area contributed by atoms with Crippen LogP contribution in [0.15, 0.2) is 534 Å². The Labute approximate surface area is 801 Å². The summed E-state index contributed by atoms with van der Waals surface area (Å²) in [6.45, 7) is 0. The van der Waals surface area contributed by atoms with Gasteiger partial charge < -0.3 is 9.80 Å². The Bertz CT molecular complexity index is 9370. The molecule has 27 rings (SSSR count). The lowest BCUT2D eigenvalue weighted by molar-refractivity contribution is 1.29. The molecule has 0 spiro atoms. The molecule has 0 N–H and O–H groups in total. The molecule has 2 nitrogen and oxygen atoms in total. The fourth-order valence-electron chi connectivity index (χ4n) is 22.1. The van der Waals surface area contributed by atoms with Gasteiger partial charge in [-0.2, -0.15) is 0 Å². The number of anilines is 6. The molecule has 0 bridgehead atoms. The van der Waals surface area contributed by atoms with Crippen molar-refractivity contribution in [1.82, 2.24) is 0 Å². The smallest absolute Gasteiger partial charge is 0.0546 e. The van der Waals surface area contributed by atoms with Crippen molar-refractivity contribution in [3.8, 4) is 89.0 Å². The van der Waals surface area contributed by atoms with Crippen molar-refractivity contribution in [1.29, 1.82) is 0 Å². The Hall–Kier alpha value is -18.1. The van der Waals surface area contributed by atoms with Crippen LogP contribution in [0.5, 0.6) is 0 Å². The number of hydrogen-bond donors (Lipinski definition) is 0. The average Bonchev–Trinajstić information content (AvgIpc) is 0.711. The molecule has 0 aliphatic heterocycles. The molecular formula is C136H88N2. The zero-order valence-electron chi connectivity index (χ0n) is 75.7. The standard InChI is InChI=1S/C74H47N.C62H41N/c1-4-20-48(21-5-1)67-47-68(49-22-6-2-7-23-49)73-65-35-19-16-32-62(65)69-44-54(39-41-66(69)74(73)72(67)50-24-8-3-9-25-50)51-36-37-53-43-57(40-38-52(53)42-51)75(70-45-55-26-10-12-28-58(55)60-30-14-17-33-63(60)70)71-46-56-27-11-13-29-59(56)61-31-15-18-34-64(61)71;1-5-18-43(19-6-1)57-41-58(44-20-7-2-8-21-44)61-55-28-16-15-27-54(55)59-40-50(33-36-56(59)62(61)60(57)45-22-9-3-10-23-45)47-29-30-49-39-53(35-32-48(49)37-47)63(51-25-11-4-12-26-51)52-34-31-42-17-13-14-24-46(42)38-52/h1-47H;1-41H. The van der Waals surface area contributed by atoms with Gasteiger partial charge >= 0.3 is 0 Å². The predicted molar refractivity (Wildman–Crippen MR) is 593 cm³/mol. The first kappa shape index (κ1) is 80.8. The van der Waals surface area contributed by atoms with E-state index in [0.29, 0.717) is 0 Å². The Morgan fingerprint density at radius 1 is 0.109 bits per heavy atom. The summed E-state index contributed by atoms with van der Waals surface area (Å²) >= 11 is 0. The fourth-order valence-corrected chi connectivity index (χ4v) is 22.1. The van der Waals surface area contributed by atoms with Gasteiger partial charge in [-0.05, 0) is 315 Å². The minimum absolute atomic E-state index is 1.11. The first-order valence-corrected chi connectivity index (χ1v) is 47.7. The summed E-state index contributed by atoms with van der Waals surface area (Å²) in [7, 11) is 0. The molecule has 0 aliphatic rings. The highest BCUT2D eigenvalue weighted by Gasteiger charge is 2.28. The number of fused-ring (bicyclic) bond motifs is 21. The number of nitrogens with zero attached hydrogens (tertiary/aromatic N) is 2. The van der Waals surface area contributed by atoms with E-state index >= 15 is 0 Å². The molecule has 27 aromatic carbocycles. The van der Waals surface area contributed by atoms with Crippen molar-refractivity contribution in [3.63, 3.8) is 0 Å². The van der Waals surface area contributed by atoms with Gasteiger partial charge in [0, 0.05) is 33.5 Å². The lowest BCUT2D eigenvalue weighted by Gasteiger charge is -2.29. The van der Waals surface area contributed by atoms with Crippen LogP contribution in [0.3, 0.4) is 0 Å². The summed E-state index contributed by atoms with van der Waals surface area (Å²) in [5.74, 6) is 0. The normalized spacial score (nSPS) is 11.6. The van der Waals surface area contributed by atoms with Gasteiger partial charge in [0.25, 0.3) is 0 Å². The van der Waals surface area contributed by atoms with Gasteiger partial charge in [0.1, 0.15) is 0 Å². The van der Waals surface area contributed by atoms with Crippen LogP contribution < -0.4 is 9.80 Å². The molecule has 0 saturated carbocycles. The van der Waals surface area contributed by atoms with Crippen molar-refractivity contribution >= 4 is 174 Å². The maximum Gasteiger partial charge on any atom is 0.0546 e. The molecule has 0 amide bonds. The van der Waals surface area contributed by atoms with Crippen LogP contribution in [-0.4, -0.2) is 0 Å². The first-order valence-electron chi connectivity index (χ1n) is 47.7. The van der Waals surface area contributed by atoms with E-state index in [-0.39, 0.29) is 0 Å². The molecule has 642 valence electrons. The van der Waals surface area contributed by atoms with Gasteiger partial charge in [-0.1, -0.05) is 437 Å². The van der Waals surface area contributed by atoms with Crippen molar-refractivity contribution in [2.45, 2.75) is 0 Å². The quantitative estimate of drug-likeness (QED) is 0.100. The zero-order chi connectivity index (χ0) is 91.1. The molecule has 2 heteroatoms. The van der Waals surface area contributed by atoms with Crippen LogP contribution in [-0.2, 0) is 0 Å². The van der Waals surface area contributed by atoms with Crippen molar-refractivity contribution in [2.75, 3.05) is 9.80 Å². The fraction of sp³-hybridized carbons (Fsp3) is 0. The third-order valence-corrected chi connectivity index (χ3v) is 28.5. The molecule has 0 aliphatic carbocycles. The van der Waals surface area contributed by atoms with E-state index in [1.807, 2.05) is 0 Å². The largest absolute Gasteiger partial charge is 0.310 e. The lowest BCUT2D eigenvalue weighted by Crippen LogP contribution is -2.11. The summed E-state index contributed by atoms with van der Waals surface area (Å²) in [5.41, 5.74) is 26.3. The van der Waals surface area contributed by atoms with Crippen LogP contribution >= 0.6 is 0 Å². The van der Waals surface area contributed by atoms with Crippen LogP contribution in [0.4, 0.5) is 34.1 Å². The van der Waals surface area contributed by atoms with E-state index < -0.39 is 0 Å². The maximum absolute atomic E-state index is 2.51. The summed E-state index contributed by atoms with van der Waals surface area (Å²) in [6.07, 6.45) is 0. The SMILES string of the molecule is c1ccc(-c2cc(-c3ccccc3)c3c4ccccc4c4cc(-c5ccc6cc(N(c7cc8ccccc8c8ccccc78)c7cc8ccccc8c8ccccc78)ccc6c5)ccc4c3c2-c2ccccc2)cc1.c1ccc(-c2cc(-c3ccccc3)c3c4ccccc4c4cc(-c5ccc6cc(N(c7ccccc7)c7ccc8ccccc8c7)ccc6c5)ccc4c3c2-c2ccccc2)cc1. The Morgan fingerprint density at radius 3 is 0.768 bits per heavy atom. The highest BCUT2D eigenvalue weighted by Crippen LogP contribution is 2.55. The van der Waals surface area contributed by atoms with E-state index in [9.17, 15) is 0 Å². The Morgan fingerprint density at radius 2 is 0.370 bits per heavy atom.